The lowest BCUT2D eigenvalue weighted by Crippen LogP contribution is -2.36. The maximum atomic E-state index is 12.1. The predicted octanol–water partition coefficient (Wildman–Crippen LogP) is 4.58. The summed E-state index contributed by atoms with van der Waals surface area (Å²) in [7, 11) is 1.72. The highest BCUT2D eigenvalue weighted by Crippen LogP contribution is 2.17. The van der Waals surface area contributed by atoms with Crippen molar-refractivity contribution in [2.75, 3.05) is 19.0 Å². The SMILES string of the molecule is C=CCOc1ccccc1CNC(=NC)NCc1cccc(NC(=O)c2ccco2)c1.I. The topological polar surface area (TPSA) is 87.9 Å². The maximum Gasteiger partial charge on any atom is 0.291 e. The molecule has 168 valence electrons. The van der Waals surface area contributed by atoms with E-state index < -0.39 is 0 Å². The minimum Gasteiger partial charge on any atom is -0.489 e. The number of amides is 1. The van der Waals surface area contributed by atoms with Crippen molar-refractivity contribution in [3.05, 3.63) is 96.5 Å². The van der Waals surface area contributed by atoms with Crippen LogP contribution in [0.5, 0.6) is 5.75 Å². The number of nitrogens with zero attached hydrogens (tertiary/aromatic N) is 1. The van der Waals surface area contributed by atoms with E-state index in [0.717, 1.165) is 16.9 Å². The summed E-state index contributed by atoms with van der Waals surface area (Å²) in [6.45, 7) is 5.24. The summed E-state index contributed by atoms with van der Waals surface area (Å²) in [5.41, 5.74) is 2.71. The third kappa shape index (κ3) is 7.45. The number of carbonyl (C=O) groups is 1. The Morgan fingerprint density at radius 3 is 2.66 bits per heavy atom. The number of guanidine groups is 1. The van der Waals surface area contributed by atoms with E-state index in [4.69, 9.17) is 9.15 Å². The Kier molecular flexibility index (Phi) is 10.3. The highest BCUT2D eigenvalue weighted by molar-refractivity contribution is 14.0. The Morgan fingerprint density at radius 2 is 1.91 bits per heavy atom. The smallest absolute Gasteiger partial charge is 0.291 e. The zero-order valence-electron chi connectivity index (χ0n) is 17.8. The van der Waals surface area contributed by atoms with Crippen LogP contribution in [-0.4, -0.2) is 25.5 Å². The fourth-order valence-electron chi connectivity index (χ4n) is 2.88. The van der Waals surface area contributed by atoms with Gasteiger partial charge in [0.1, 0.15) is 12.4 Å². The van der Waals surface area contributed by atoms with Gasteiger partial charge in [0.25, 0.3) is 5.91 Å². The molecule has 32 heavy (non-hydrogen) atoms. The Bertz CT molecular complexity index is 1040. The van der Waals surface area contributed by atoms with Gasteiger partial charge in [0.15, 0.2) is 11.7 Å². The molecule has 0 aliphatic carbocycles. The molecule has 0 unspecified atom stereocenters. The Hall–Kier alpha value is -3.27. The second-order valence-corrected chi connectivity index (χ2v) is 6.62. The molecule has 0 saturated heterocycles. The molecule has 0 saturated carbocycles. The van der Waals surface area contributed by atoms with Crippen molar-refractivity contribution in [2.45, 2.75) is 13.1 Å². The number of furan rings is 1. The van der Waals surface area contributed by atoms with Gasteiger partial charge in [0, 0.05) is 31.4 Å². The summed E-state index contributed by atoms with van der Waals surface area (Å²) in [6.07, 6.45) is 3.19. The monoisotopic (exact) mass is 546 g/mol. The molecule has 1 aromatic heterocycles. The summed E-state index contributed by atoms with van der Waals surface area (Å²) in [5.74, 6) is 1.45. The number of halogens is 1. The van der Waals surface area contributed by atoms with Gasteiger partial charge in [-0.2, -0.15) is 0 Å². The summed E-state index contributed by atoms with van der Waals surface area (Å²) < 4.78 is 10.8. The lowest BCUT2D eigenvalue weighted by Gasteiger charge is -2.15. The molecule has 7 nitrogen and oxygen atoms in total. The number of para-hydroxylation sites is 1. The molecular formula is C24H27IN4O3. The molecule has 2 aromatic carbocycles. The van der Waals surface area contributed by atoms with Gasteiger partial charge in [-0.25, -0.2) is 0 Å². The number of hydrogen-bond donors (Lipinski definition) is 3. The van der Waals surface area contributed by atoms with E-state index in [1.54, 1.807) is 25.3 Å². The Balaban J connectivity index is 0.00000363. The van der Waals surface area contributed by atoms with Gasteiger partial charge in [-0.05, 0) is 35.9 Å². The zero-order valence-corrected chi connectivity index (χ0v) is 20.2. The minimum absolute atomic E-state index is 0. The van der Waals surface area contributed by atoms with Gasteiger partial charge in [-0.3, -0.25) is 9.79 Å². The third-order valence-electron chi connectivity index (χ3n) is 4.39. The van der Waals surface area contributed by atoms with Crippen molar-refractivity contribution in [2.24, 2.45) is 4.99 Å². The summed E-state index contributed by atoms with van der Waals surface area (Å²) in [6, 6.07) is 18.7. The van der Waals surface area contributed by atoms with Crippen molar-refractivity contribution in [3.63, 3.8) is 0 Å². The fraction of sp³-hybridized carbons (Fsp3) is 0.167. The molecule has 0 fully saturated rings. The van der Waals surface area contributed by atoms with E-state index in [0.29, 0.717) is 31.3 Å². The number of anilines is 1. The molecule has 1 amide bonds. The van der Waals surface area contributed by atoms with Crippen LogP contribution in [0.1, 0.15) is 21.7 Å². The number of aliphatic imine (C=N–C) groups is 1. The first-order valence-electron chi connectivity index (χ1n) is 9.89. The van der Waals surface area contributed by atoms with Crippen LogP contribution < -0.4 is 20.7 Å². The lowest BCUT2D eigenvalue weighted by molar-refractivity contribution is 0.0996. The summed E-state index contributed by atoms with van der Waals surface area (Å²) >= 11 is 0. The molecule has 0 radical (unpaired) electrons. The van der Waals surface area contributed by atoms with Crippen LogP contribution in [0.15, 0.2) is 89.0 Å². The number of carbonyl (C=O) groups excluding carboxylic acids is 1. The van der Waals surface area contributed by atoms with Crippen molar-refractivity contribution < 1.29 is 13.9 Å². The van der Waals surface area contributed by atoms with Crippen molar-refractivity contribution in [1.82, 2.24) is 10.6 Å². The molecule has 8 heteroatoms. The van der Waals surface area contributed by atoms with E-state index in [9.17, 15) is 4.79 Å². The first-order valence-corrected chi connectivity index (χ1v) is 9.89. The minimum atomic E-state index is -0.287. The molecule has 0 spiro atoms. The molecule has 0 atom stereocenters. The number of ether oxygens (including phenoxy) is 1. The summed E-state index contributed by atoms with van der Waals surface area (Å²) in [4.78, 5) is 16.4. The van der Waals surface area contributed by atoms with E-state index >= 15 is 0 Å². The molecule has 0 aliphatic heterocycles. The lowest BCUT2D eigenvalue weighted by atomic mass is 10.2. The van der Waals surface area contributed by atoms with Crippen molar-refractivity contribution >= 4 is 41.5 Å². The zero-order chi connectivity index (χ0) is 21.9. The highest BCUT2D eigenvalue weighted by Gasteiger charge is 2.09. The van der Waals surface area contributed by atoms with Crippen LogP contribution in [0.2, 0.25) is 0 Å². The largest absolute Gasteiger partial charge is 0.489 e. The van der Waals surface area contributed by atoms with Crippen LogP contribution in [0, 0.1) is 0 Å². The number of benzene rings is 2. The van der Waals surface area contributed by atoms with Gasteiger partial charge in [0.05, 0.1) is 6.26 Å². The van der Waals surface area contributed by atoms with Crippen molar-refractivity contribution in [3.8, 4) is 5.75 Å². The third-order valence-corrected chi connectivity index (χ3v) is 4.39. The van der Waals surface area contributed by atoms with Gasteiger partial charge >= 0.3 is 0 Å². The molecule has 0 bridgehead atoms. The number of rotatable bonds is 9. The predicted molar refractivity (Wildman–Crippen MR) is 138 cm³/mol. The second kappa shape index (κ2) is 13.2. The fourth-order valence-corrected chi connectivity index (χ4v) is 2.88. The van der Waals surface area contributed by atoms with Crippen molar-refractivity contribution in [1.29, 1.82) is 0 Å². The van der Waals surface area contributed by atoms with Crippen LogP contribution in [0.25, 0.3) is 0 Å². The molecule has 0 aliphatic rings. The second-order valence-electron chi connectivity index (χ2n) is 6.62. The van der Waals surface area contributed by atoms with E-state index in [1.807, 2.05) is 48.5 Å². The molecule has 3 rings (SSSR count). The maximum absolute atomic E-state index is 12.1. The Labute approximate surface area is 205 Å². The van der Waals surface area contributed by atoms with Crippen LogP contribution in [-0.2, 0) is 13.1 Å². The van der Waals surface area contributed by atoms with Crippen LogP contribution in [0.3, 0.4) is 0 Å². The standard InChI is InChI=1S/C24H26N4O3.HI/c1-3-13-30-21-11-5-4-9-19(21)17-27-24(25-2)26-16-18-8-6-10-20(15-18)28-23(29)22-12-7-14-31-22;/h3-12,14-15H,1,13,16-17H2,2H3,(H,28,29)(H2,25,26,27);1H. The highest BCUT2D eigenvalue weighted by atomic mass is 127. The average Bonchev–Trinajstić information content (AvgIpc) is 3.34. The normalized spacial score (nSPS) is 10.6. The summed E-state index contributed by atoms with van der Waals surface area (Å²) in [5, 5.41) is 9.40. The average molecular weight is 546 g/mol. The first kappa shape index (κ1) is 25.0. The quantitative estimate of drug-likeness (QED) is 0.158. The van der Waals surface area contributed by atoms with Gasteiger partial charge in [0.2, 0.25) is 0 Å². The molecule has 3 N–H and O–H groups in total. The van der Waals surface area contributed by atoms with E-state index in [2.05, 4.69) is 27.5 Å². The van der Waals surface area contributed by atoms with Crippen LogP contribution >= 0.6 is 24.0 Å². The van der Waals surface area contributed by atoms with Gasteiger partial charge in [-0.15, -0.1) is 24.0 Å². The first-order chi connectivity index (χ1) is 15.2. The van der Waals surface area contributed by atoms with Crippen LogP contribution in [0.4, 0.5) is 5.69 Å². The van der Waals surface area contributed by atoms with Gasteiger partial charge in [-0.1, -0.05) is 43.0 Å². The Morgan fingerprint density at radius 1 is 1.09 bits per heavy atom. The number of hydrogen-bond acceptors (Lipinski definition) is 4. The molecule has 3 aromatic rings. The number of nitrogens with one attached hydrogen (secondary N) is 3. The van der Waals surface area contributed by atoms with E-state index in [-0.39, 0.29) is 35.6 Å². The van der Waals surface area contributed by atoms with Gasteiger partial charge < -0.3 is 25.1 Å². The van der Waals surface area contributed by atoms with E-state index in [1.165, 1.54) is 6.26 Å². The molecule has 1 heterocycles. The molecular weight excluding hydrogens is 519 g/mol.